The van der Waals surface area contributed by atoms with E-state index in [0.717, 1.165) is 96.7 Å². The molecular weight excluding hydrogens is 1060 g/mol. The van der Waals surface area contributed by atoms with Gasteiger partial charge in [-0.15, -0.1) is 0 Å². The highest BCUT2D eigenvalue weighted by Gasteiger charge is 2.27. The average molecular weight is 1130 g/mol. The van der Waals surface area contributed by atoms with Crippen molar-refractivity contribution in [3.63, 3.8) is 0 Å². The van der Waals surface area contributed by atoms with E-state index in [9.17, 15) is 0 Å². The molecule has 0 unspecified atom stereocenters. The zero-order valence-electron chi connectivity index (χ0n) is 48.9. The molecule has 12 heterocycles. The van der Waals surface area contributed by atoms with E-state index in [2.05, 4.69) is 52.0 Å². The van der Waals surface area contributed by atoms with Gasteiger partial charge in [-0.1, -0.05) is 105 Å². The highest BCUT2D eigenvalue weighted by Crippen LogP contribution is 2.44. The Labute approximate surface area is 490 Å². The van der Waals surface area contributed by atoms with Crippen molar-refractivity contribution >= 4 is 0 Å². The second-order valence-electron chi connectivity index (χ2n) is 21.7. The number of unbranched alkanes of at least 4 members (excludes halogenated alkanes) is 12. The molecule has 0 saturated carbocycles. The molecule has 0 aliphatic carbocycles. The summed E-state index contributed by atoms with van der Waals surface area (Å²) in [5.41, 5.74) is 4.51. The molecule has 12 aromatic rings. The molecule has 0 radical (unpaired) electrons. The molecule has 12 nitrogen and oxygen atoms in total. The van der Waals surface area contributed by atoms with E-state index in [1.165, 1.54) is 77.0 Å². The smallest absolute Gasteiger partial charge is 0.173 e. The van der Waals surface area contributed by atoms with E-state index in [4.69, 9.17) is 53.0 Å². The van der Waals surface area contributed by atoms with Crippen LogP contribution in [0.15, 0.2) is 199 Å². The summed E-state index contributed by atoms with van der Waals surface area (Å²) in [6.45, 7) is 8.93. The van der Waals surface area contributed by atoms with Gasteiger partial charge >= 0.3 is 0 Å². The van der Waals surface area contributed by atoms with Crippen LogP contribution in [0.5, 0.6) is 0 Å². The molecule has 84 heavy (non-hydrogen) atoms. The lowest BCUT2D eigenvalue weighted by Crippen LogP contribution is -1.90. The lowest BCUT2D eigenvalue weighted by atomic mass is 10.0. The summed E-state index contributed by atoms with van der Waals surface area (Å²) in [7, 11) is 0. The Morgan fingerprint density at radius 3 is 0.619 bits per heavy atom. The molecule has 0 aliphatic heterocycles. The van der Waals surface area contributed by atoms with Gasteiger partial charge in [-0.25, -0.2) is 0 Å². The minimum absolute atomic E-state index is 0.660. The summed E-state index contributed by atoms with van der Waals surface area (Å²) in [6, 6.07) is 38.7. The van der Waals surface area contributed by atoms with Crippen molar-refractivity contribution in [2.24, 2.45) is 0 Å². The predicted molar refractivity (Wildman–Crippen MR) is 326 cm³/mol. The largest absolute Gasteiger partial charge is 0.461 e. The Hall–Kier alpha value is -8.64. The third kappa shape index (κ3) is 13.7. The molecule has 0 spiro atoms. The minimum atomic E-state index is 0.660. The maximum absolute atomic E-state index is 6.59. The first-order valence-corrected chi connectivity index (χ1v) is 30.5. The fraction of sp³-hybridized carbons (Fsp3) is 0.333. The van der Waals surface area contributed by atoms with Gasteiger partial charge in [0.05, 0.1) is 25.1 Å². The van der Waals surface area contributed by atoms with Crippen LogP contribution in [0.1, 0.15) is 153 Å². The molecule has 12 rings (SSSR count). The number of furan rings is 12. The van der Waals surface area contributed by atoms with Crippen molar-refractivity contribution in [3.05, 3.63) is 169 Å². The summed E-state index contributed by atoms with van der Waals surface area (Å²) >= 11 is 0. The van der Waals surface area contributed by atoms with Gasteiger partial charge in [0.1, 0.15) is 0 Å². The van der Waals surface area contributed by atoms with E-state index in [0.29, 0.717) is 92.2 Å². The van der Waals surface area contributed by atoms with Crippen LogP contribution in [0.25, 0.3) is 115 Å². The van der Waals surface area contributed by atoms with E-state index < -0.39 is 0 Å². The highest BCUT2D eigenvalue weighted by molar-refractivity contribution is 5.72. The Kier molecular flexibility index (Phi) is 19.1. The average Bonchev–Trinajstić information content (AvgIpc) is 3.21. The van der Waals surface area contributed by atoms with Crippen molar-refractivity contribution in [2.45, 2.75) is 156 Å². The second-order valence-corrected chi connectivity index (χ2v) is 21.7. The number of hydrogen-bond donors (Lipinski definition) is 0. The molecule has 0 aliphatic rings. The number of rotatable bonds is 30. The van der Waals surface area contributed by atoms with Gasteiger partial charge in [0.2, 0.25) is 0 Å². The quantitative estimate of drug-likeness (QED) is 0.0393. The van der Waals surface area contributed by atoms with Crippen molar-refractivity contribution in [1.29, 1.82) is 0 Å². The highest BCUT2D eigenvalue weighted by atomic mass is 16.4. The zero-order valence-corrected chi connectivity index (χ0v) is 48.9. The Morgan fingerprint density at radius 1 is 0.214 bits per heavy atom. The first-order chi connectivity index (χ1) is 41.5. The summed E-state index contributed by atoms with van der Waals surface area (Å²) in [5.74, 6) is 13.9. The molecule has 436 valence electrons. The first kappa shape index (κ1) is 57.2. The van der Waals surface area contributed by atoms with E-state index in [1.54, 1.807) is 25.1 Å². The topological polar surface area (TPSA) is 158 Å². The Bertz CT molecular complexity index is 3300. The van der Waals surface area contributed by atoms with Crippen molar-refractivity contribution in [1.82, 2.24) is 0 Å². The maximum atomic E-state index is 6.59. The molecule has 0 amide bonds. The van der Waals surface area contributed by atoms with Gasteiger partial charge in [0.25, 0.3) is 0 Å². The number of hydrogen-bond acceptors (Lipinski definition) is 12. The lowest BCUT2D eigenvalue weighted by molar-refractivity contribution is 0.491. The normalized spacial score (nSPS) is 11.6. The van der Waals surface area contributed by atoms with Crippen LogP contribution in [0, 0.1) is 0 Å². The lowest BCUT2D eigenvalue weighted by Gasteiger charge is -2.04. The van der Waals surface area contributed by atoms with Crippen LogP contribution in [-0.4, -0.2) is 0 Å². The predicted octanol–water partition coefficient (Wildman–Crippen LogP) is 23.7. The Balaban J connectivity index is 0.000000175. The van der Waals surface area contributed by atoms with Crippen LogP contribution >= 0.6 is 0 Å². The molecule has 0 aromatic carbocycles. The number of aryl methyl sites for hydroxylation is 4. The van der Waals surface area contributed by atoms with Crippen LogP contribution in [0.3, 0.4) is 0 Å². The van der Waals surface area contributed by atoms with E-state index in [-0.39, 0.29) is 0 Å². The van der Waals surface area contributed by atoms with Gasteiger partial charge < -0.3 is 53.0 Å². The first-order valence-electron chi connectivity index (χ1n) is 30.5. The standard InChI is InChI=1S/2C36H38O6/c2*1-3-5-7-9-13-25-23-33(31-19-17-29(39-31)27-15-11-21-37-27)41-35(25)36-26(14-10-8-6-4-2)24-34(42-36)32-20-18-30(40-32)28-16-12-22-38-28/h2*11-12,15-24H,3-10,13-14H2,1-2H3. The summed E-state index contributed by atoms with van der Waals surface area (Å²) < 4.78 is 73.1. The van der Waals surface area contributed by atoms with Crippen LogP contribution in [0.4, 0.5) is 0 Å². The molecule has 0 saturated heterocycles. The van der Waals surface area contributed by atoms with Crippen molar-refractivity contribution < 1.29 is 53.0 Å². The summed E-state index contributed by atoms with van der Waals surface area (Å²) in [5, 5.41) is 0. The van der Waals surface area contributed by atoms with Crippen LogP contribution in [0.2, 0.25) is 0 Å². The van der Waals surface area contributed by atoms with E-state index >= 15 is 0 Å². The monoisotopic (exact) mass is 1130 g/mol. The molecule has 0 atom stereocenters. The zero-order chi connectivity index (χ0) is 57.5. The maximum Gasteiger partial charge on any atom is 0.173 e. The van der Waals surface area contributed by atoms with E-state index in [1.807, 2.05) is 97.1 Å². The third-order valence-electron chi connectivity index (χ3n) is 15.3. The molecule has 0 fully saturated rings. The van der Waals surface area contributed by atoms with Crippen LogP contribution in [-0.2, 0) is 25.7 Å². The van der Waals surface area contributed by atoms with Gasteiger partial charge in [-0.3, -0.25) is 0 Å². The third-order valence-corrected chi connectivity index (χ3v) is 15.3. The Morgan fingerprint density at radius 2 is 0.429 bits per heavy atom. The van der Waals surface area contributed by atoms with Gasteiger partial charge in [0.15, 0.2) is 115 Å². The SMILES string of the molecule is CCCCCCc1cc(-c2ccc(-c3ccco3)o2)oc1-c1oc(-c2ccc(-c3ccco3)o2)cc1CCCCCC.CCCCCCc1cc(-c2ccc(-c3ccco3)o2)oc1-c1oc(-c2ccc(-c3ccco3)o2)cc1CCCCCC. The summed E-state index contributed by atoms with van der Waals surface area (Å²) in [6.07, 6.45) is 28.9. The van der Waals surface area contributed by atoms with Gasteiger partial charge in [-0.05, 0) is 173 Å². The fourth-order valence-corrected chi connectivity index (χ4v) is 10.8. The van der Waals surface area contributed by atoms with Crippen molar-refractivity contribution in [2.75, 3.05) is 0 Å². The molecular formula is C72H76O12. The van der Waals surface area contributed by atoms with Gasteiger partial charge in [-0.2, -0.15) is 0 Å². The fourth-order valence-electron chi connectivity index (χ4n) is 10.8. The minimum Gasteiger partial charge on any atom is -0.461 e. The van der Waals surface area contributed by atoms with Gasteiger partial charge in [0, 0.05) is 22.3 Å². The van der Waals surface area contributed by atoms with Crippen molar-refractivity contribution in [3.8, 4) is 115 Å². The second kappa shape index (κ2) is 28.1. The summed E-state index contributed by atoms with van der Waals surface area (Å²) in [4.78, 5) is 0. The molecule has 0 bridgehead atoms. The molecule has 12 heteroatoms. The molecule has 12 aromatic heterocycles. The van der Waals surface area contributed by atoms with Crippen LogP contribution < -0.4 is 0 Å². The molecule has 0 N–H and O–H groups in total.